The number of hydrogen-bond acceptors (Lipinski definition) is 9. The molecular weight excluding hydrogens is 540 g/mol. The van der Waals surface area contributed by atoms with Crippen LogP contribution in [-0.4, -0.2) is 56.7 Å². The van der Waals surface area contributed by atoms with Crippen molar-refractivity contribution in [3.05, 3.63) is 63.4 Å². The summed E-state index contributed by atoms with van der Waals surface area (Å²) in [7, 11) is 0. The Labute approximate surface area is 215 Å². The normalized spacial score (nSPS) is 26.4. The van der Waals surface area contributed by atoms with Gasteiger partial charge in [-0.05, 0) is 44.7 Å². The number of nitrogens with one attached hydrogen (secondary N) is 2. The first-order chi connectivity index (χ1) is 16.8. The van der Waals surface area contributed by atoms with Gasteiger partial charge in [-0.2, -0.15) is 0 Å². The summed E-state index contributed by atoms with van der Waals surface area (Å²) < 4.78 is 38.3. The molecule has 1 aliphatic rings. The van der Waals surface area contributed by atoms with Gasteiger partial charge in [0, 0.05) is 12.3 Å². The number of aromatic amines is 1. The fourth-order valence-electron chi connectivity index (χ4n) is 3.22. The van der Waals surface area contributed by atoms with Crippen molar-refractivity contribution in [3.8, 4) is 5.75 Å². The zero-order valence-electron chi connectivity index (χ0n) is 19.5. The smallest absolute Gasteiger partial charge is 0.330 e. The highest BCUT2D eigenvalue weighted by atomic mass is 35.5. The highest BCUT2D eigenvalue weighted by Crippen LogP contribution is 2.48. The Hall–Kier alpha value is -2.12. The molecule has 0 saturated carbocycles. The summed E-state index contributed by atoms with van der Waals surface area (Å²) in [6, 6.07) is 8.44. The van der Waals surface area contributed by atoms with Gasteiger partial charge in [0.1, 0.15) is 24.0 Å². The zero-order valence-corrected chi connectivity index (χ0v) is 22.0. The number of ether oxygens (including phenoxy) is 2. The van der Waals surface area contributed by atoms with E-state index in [4.69, 9.17) is 41.9 Å². The Bertz CT molecular complexity index is 1230. The fourth-order valence-corrected chi connectivity index (χ4v) is 5.94. The number of benzene rings is 1. The molecule has 15 heteroatoms. The number of aromatic nitrogens is 2. The van der Waals surface area contributed by atoms with Gasteiger partial charge in [0.2, 0.25) is 0 Å². The van der Waals surface area contributed by atoms with E-state index in [1.165, 1.54) is 6.92 Å². The lowest BCUT2D eigenvalue weighted by Gasteiger charge is -2.28. The van der Waals surface area contributed by atoms with E-state index < -0.39 is 60.1 Å². The Morgan fingerprint density at radius 1 is 1.33 bits per heavy atom. The van der Waals surface area contributed by atoms with Crippen LogP contribution in [0.15, 0.2) is 52.2 Å². The van der Waals surface area contributed by atoms with Crippen LogP contribution in [-0.2, 0) is 30.6 Å². The van der Waals surface area contributed by atoms with Crippen molar-refractivity contribution in [1.29, 1.82) is 0 Å². The topological polar surface area (TPSA) is 141 Å². The molecule has 0 amide bonds. The second-order valence-electron chi connectivity index (χ2n) is 8.20. The van der Waals surface area contributed by atoms with Crippen molar-refractivity contribution >= 4 is 36.0 Å². The number of rotatable bonds is 10. The quantitative estimate of drug-likeness (QED) is 0.222. The Morgan fingerprint density at radius 3 is 2.61 bits per heavy atom. The minimum atomic E-state index is -3.51. The molecule has 0 spiro atoms. The summed E-state index contributed by atoms with van der Waals surface area (Å²) in [4.78, 5) is 37.7. The molecule has 2 heterocycles. The van der Waals surface area contributed by atoms with Crippen LogP contribution in [0.1, 0.15) is 27.0 Å². The highest BCUT2D eigenvalue weighted by Gasteiger charge is 2.58. The number of alkyl halides is 2. The van der Waals surface area contributed by atoms with E-state index in [0.29, 0.717) is 10.3 Å². The lowest BCUT2D eigenvalue weighted by atomic mass is 10.1. The number of carbonyl (C=O) groups is 1. The van der Waals surface area contributed by atoms with E-state index in [1.807, 2.05) is 4.98 Å². The summed E-state index contributed by atoms with van der Waals surface area (Å²) in [5.41, 5.74) is -1.69. The lowest BCUT2D eigenvalue weighted by molar-refractivity contribution is -0.149. The average Bonchev–Trinajstić information content (AvgIpc) is 3.01. The van der Waals surface area contributed by atoms with Crippen molar-refractivity contribution in [1.82, 2.24) is 14.6 Å². The Balaban J connectivity index is 1.80. The maximum Gasteiger partial charge on any atom is 0.330 e. The van der Waals surface area contributed by atoms with E-state index in [2.05, 4.69) is 5.09 Å². The van der Waals surface area contributed by atoms with Crippen LogP contribution in [0.3, 0.4) is 0 Å². The molecule has 6 atom stereocenters. The number of esters is 1. The molecule has 0 aliphatic carbocycles. The van der Waals surface area contributed by atoms with E-state index in [0.717, 1.165) is 12.3 Å². The largest absolute Gasteiger partial charge is 0.462 e. The standard InChI is InChI=1S/C21H26ClFN3O8PS/c1-12(2)32-18(29)13(3)25-35(36,34-14-7-5-4-6-8-14)31-11-15-17(28)21(22,23)19(33-15)26-10-9-16(27)24-20(26)30/h4-10,12-13,15,17,19,28H,11H2,1-3H3,(H,25,36)(H,24,27,30)/t13-,15-,17-,19-,21+,35-/m1/s1. The highest BCUT2D eigenvalue weighted by molar-refractivity contribution is 8.09. The van der Waals surface area contributed by atoms with Gasteiger partial charge in [-0.25, -0.2) is 14.3 Å². The lowest BCUT2D eigenvalue weighted by Crippen LogP contribution is -2.42. The maximum atomic E-state index is 15.2. The Morgan fingerprint density at radius 2 is 2.00 bits per heavy atom. The van der Waals surface area contributed by atoms with Crippen LogP contribution in [0, 0.1) is 0 Å². The van der Waals surface area contributed by atoms with E-state index in [-0.39, 0.29) is 6.10 Å². The first kappa shape index (κ1) is 28.5. The molecule has 1 aliphatic heterocycles. The molecule has 1 aromatic heterocycles. The number of carbonyl (C=O) groups excluding carboxylic acids is 1. The number of aliphatic hydroxyl groups is 1. The number of H-pyrrole nitrogens is 1. The minimum Gasteiger partial charge on any atom is -0.462 e. The van der Waals surface area contributed by atoms with Crippen molar-refractivity contribution in [2.75, 3.05) is 6.61 Å². The summed E-state index contributed by atoms with van der Waals surface area (Å²) in [5.74, 6) is -0.266. The molecule has 198 valence electrons. The number of para-hydroxylation sites is 1. The van der Waals surface area contributed by atoms with Gasteiger partial charge in [0.05, 0.1) is 12.7 Å². The van der Waals surface area contributed by atoms with Gasteiger partial charge in [-0.1, -0.05) is 29.8 Å². The first-order valence-corrected chi connectivity index (χ1v) is 13.8. The predicted molar refractivity (Wildman–Crippen MR) is 132 cm³/mol. The van der Waals surface area contributed by atoms with Crippen LogP contribution < -0.4 is 20.9 Å². The molecule has 0 bridgehead atoms. The SMILES string of the molecule is CC(C)OC(=O)[C@@H](C)N[P@@](=S)(OC[C@H]1O[C@@H](n2ccc(=O)[nH]c2=O)[C@](F)(Cl)[C@@H]1O)Oc1ccccc1. The molecule has 36 heavy (non-hydrogen) atoms. The number of halogens is 2. The number of hydrogen-bond donors (Lipinski definition) is 3. The van der Waals surface area contributed by atoms with E-state index >= 15 is 4.39 Å². The molecule has 3 N–H and O–H groups in total. The van der Waals surface area contributed by atoms with Gasteiger partial charge in [0.15, 0.2) is 6.23 Å². The van der Waals surface area contributed by atoms with E-state index in [1.54, 1.807) is 44.2 Å². The number of aliphatic hydroxyl groups excluding tert-OH is 1. The first-order valence-electron chi connectivity index (χ1n) is 10.8. The van der Waals surface area contributed by atoms with Gasteiger partial charge in [0.25, 0.3) is 10.7 Å². The molecule has 1 saturated heterocycles. The van der Waals surface area contributed by atoms with Crippen LogP contribution in [0.25, 0.3) is 0 Å². The third-order valence-electron chi connectivity index (χ3n) is 4.92. The molecule has 1 aromatic carbocycles. The third kappa shape index (κ3) is 6.80. The molecule has 2 aromatic rings. The van der Waals surface area contributed by atoms with E-state index in [9.17, 15) is 19.5 Å². The second kappa shape index (κ2) is 11.5. The fraction of sp³-hybridized carbons (Fsp3) is 0.476. The summed E-state index contributed by atoms with van der Waals surface area (Å²) in [6.07, 6.45) is -4.50. The summed E-state index contributed by atoms with van der Waals surface area (Å²) >= 11 is 11.5. The van der Waals surface area contributed by atoms with Crippen molar-refractivity contribution in [3.63, 3.8) is 0 Å². The van der Waals surface area contributed by atoms with Gasteiger partial charge < -0.3 is 23.6 Å². The van der Waals surface area contributed by atoms with Crippen LogP contribution >= 0.6 is 18.2 Å². The van der Waals surface area contributed by atoms with Crippen molar-refractivity contribution in [2.24, 2.45) is 0 Å². The predicted octanol–water partition coefficient (Wildman–Crippen LogP) is 1.95. The monoisotopic (exact) mass is 565 g/mol. The second-order valence-corrected chi connectivity index (χ2v) is 11.9. The summed E-state index contributed by atoms with van der Waals surface area (Å²) in [6.45, 7) is 0.859. The molecule has 11 nitrogen and oxygen atoms in total. The molecule has 0 unspecified atom stereocenters. The minimum absolute atomic E-state index is 0.334. The van der Waals surface area contributed by atoms with Crippen LogP contribution in [0.2, 0.25) is 0 Å². The molecule has 1 fully saturated rings. The number of nitrogens with zero attached hydrogens (tertiary/aromatic N) is 1. The van der Waals surface area contributed by atoms with Crippen LogP contribution in [0.4, 0.5) is 4.39 Å². The maximum absolute atomic E-state index is 15.2. The third-order valence-corrected chi connectivity index (χ3v) is 7.83. The van der Waals surface area contributed by atoms with Crippen molar-refractivity contribution in [2.45, 2.75) is 56.5 Å². The van der Waals surface area contributed by atoms with Gasteiger partial charge >= 0.3 is 18.3 Å². The molecule has 3 rings (SSSR count). The molecule has 0 radical (unpaired) electrons. The average molecular weight is 566 g/mol. The van der Waals surface area contributed by atoms with Crippen LogP contribution in [0.5, 0.6) is 5.75 Å². The van der Waals surface area contributed by atoms with Crippen molar-refractivity contribution < 1.29 is 32.8 Å². The summed E-state index contributed by atoms with van der Waals surface area (Å²) in [5, 5.41) is 10.4. The Kier molecular flexibility index (Phi) is 9.10. The molecular formula is C21H26ClFN3O8PS. The van der Waals surface area contributed by atoms with Gasteiger partial charge in [-0.15, -0.1) is 0 Å². The van der Waals surface area contributed by atoms with Gasteiger partial charge in [-0.3, -0.25) is 19.1 Å². The zero-order chi connectivity index (χ0) is 26.7.